The highest BCUT2D eigenvalue weighted by Crippen LogP contribution is 2.29. The summed E-state index contributed by atoms with van der Waals surface area (Å²) in [5.74, 6) is -1.78. The standard InChI is InChI=1S/C8H7NO6/c10-6-3-5(9(13)14)1-2-7(6)15-4-8(11)12/h1-3,10H,4H2,(H,11,12). The number of nitro groups is 1. The number of hydrogen-bond acceptors (Lipinski definition) is 5. The van der Waals surface area contributed by atoms with Crippen LogP contribution in [0.25, 0.3) is 0 Å². The number of carboxylic acids is 1. The van der Waals surface area contributed by atoms with Crippen LogP contribution in [0, 0.1) is 10.1 Å². The van der Waals surface area contributed by atoms with Crippen LogP contribution < -0.4 is 4.74 Å². The largest absolute Gasteiger partial charge is 0.504 e. The van der Waals surface area contributed by atoms with E-state index in [1.165, 1.54) is 0 Å². The van der Waals surface area contributed by atoms with Gasteiger partial charge in [0, 0.05) is 6.07 Å². The van der Waals surface area contributed by atoms with Crippen LogP contribution in [0.15, 0.2) is 18.2 Å². The summed E-state index contributed by atoms with van der Waals surface area (Å²) in [5.41, 5.74) is -0.296. The Kier molecular flexibility index (Phi) is 3.06. The van der Waals surface area contributed by atoms with Crippen molar-refractivity contribution in [3.05, 3.63) is 28.3 Å². The number of non-ortho nitro benzene ring substituents is 1. The Bertz CT molecular complexity index is 402. The summed E-state index contributed by atoms with van der Waals surface area (Å²) in [7, 11) is 0. The molecule has 0 fully saturated rings. The number of carbonyl (C=O) groups is 1. The third-order valence-electron chi connectivity index (χ3n) is 1.50. The number of phenols is 1. The molecule has 0 radical (unpaired) electrons. The molecule has 1 aromatic carbocycles. The Morgan fingerprint density at radius 2 is 2.20 bits per heavy atom. The van der Waals surface area contributed by atoms with Gasteiger partial charge < -0.3 is 14.9 Å². The molecule has 15 heavy (non-hydrogen) atoms. The summed E-state index contributed by atoms with van der Waals surface area (Å²) in [6.07, 6.45) is 0. The zero-order valence-corrected chi connectivity index (χ0v) is 7.41. The summed E-state index contributed by atoms with van der Waals surface area (Å²) in [6.45, 7) is -0.620. The normalized spacial score (nSPS) is 9.60. The summed E-state index contributed by atoms with van der Waals surface area (Å²) >= 11 is 0. The number of aliphatic carboxylic acids is 1. The summed E-state index contributed by atoms with van der Waals surface area (Å²) < 4.78 is 4.66. The molecule has 7 nitrogen and oxygen atoms in total. The molecule has 7 heteroatoms. The van der Waals surface area contributed by atoms with Crippen LogP contribution in [-0.2, 0) is 4.79 Å². The lowest BCUT2D eigenvalue weighted by Gasteiger charge is -2.04. The van der Waals surface area contributed by atoms with Crippen molar-refractivity contribution in [3.8, 4) is 11.5 Å². The fourth-order valence-corrected chi connectivity index (χ4v) is 0.881. The maximum Gasteiger partial charge on any atom is 0.341 e. The predicted octanol–water partition coefficient (Wildman–Crippen LogP) is 0.764. The van der Waals surface area contributed by atoms with Crippen molar-refractivity contribution in [2.24, 2.45) is 0 Å². The van der Waals surface area contributed by atoms with E-state index in [0.29, 0.717) is 0 Å². The molecule has 0 aromatic heterocycles. The van der Waals surface area contributed by atoms with E-state index in [1.54, 1.807) is 0 Å². The van der Waals surface area contributed by atoms with Crippen LogP contribution in [0.3, 0.4) is 0 Å². The third-order valence-corrected chi connectivity index (χ3v) is 1.50. The van der Waals surface area contributed by atoms with Crippen LogP contribution in [-0.4, -0.2) is 27.7 Å². The smallest absolute Gasteiger partial charge is 0.341 e. The van der Waals surface area contributed by atoms with Crippen LogP contribution >= 0.6 is 0 Å². The highest BCUT2D eigenvalue weighted by Gasteiger charge is 2.11. The van der Waals surface area contributed by atoms with Crippen molar-refractivity contribution in [3.63, 3.8) is 0 Å². The number of hydrogen-bond donors (Lipinski definition) is 2. The van der Waals surface area contributed by atoms with E-state index in [4.69, 9.17) is 5.11 Å². The maximum atomic E-state index is 10.3. The van der Waals surface area contributed by atoms with Gasteiger partial charge in [0.1, 0.15) is 0 Å². The Morgan fingerprint density at radius 3 is 2.67 bits per heavy atom. The van der Waals surface area contributed by atoms with E-state index in [0.717, 1.165) is 18.2 Å². The Labute approximate surface area is 83.7 Å². The molecule has 0 aliphatic carbocycles. The second-order valence-corrected chi connectivity index (χ2v) is 2.59. The molecule has 0 bridgehead atoms. The number of phenolic OH excluding ortho intramolecular Hbond substituents is 1. The van der Waals surface area contributed by atoms with Gasteiger partial charge in [-0.15, -0.1) is 0 Å². The lowest BCUT2D eigenvalue weighted by molar-refractivity contribution is -0.385. The molecule has 0 saturated heterocycles. The van der Waals surface area contributed by atoms with Gasteiger partial charge >= 0.3 is 5.97 Å². The van der Waals surface area contributed by atoms with Gasteiger partial charge in [0.15, 0.2) is 18.1 Å². The first kappa shape index (κ1) is 10.8. The molecule has 0 atom stereocenters. The van der Waals surface area contributed by atoms with Crippen molar-refractivity contribution in [1.82, 2.24) is 0 Å². The van der Waals surface area contributed by atoms with Crippen molar-refractivity contribution in [1.29, 1.82) is 0 Å². The predicted molar refractivity (Wildman–Crippen MR) is 47.9 cm³/mol. The highest BCUT2D eigenvalue weighted by atomic mass is 16.6. The molecule has 0 aliphatic heterocycles. The molecule has 0 heterocycles. The fourth-order valence-electron chi connectivity index (χ4n) is 0.881. The van der Waals surface area contributed by atoms with E-state index in [2.05, 4.69) is 4.74 Å². The molecule has 80 valence electrons. The fraction of sp³-hybridized carbons (Fsp3) is 0.125. The molecular weight excluding hydrogens is 206 g/mol. The van der Waals surface area contributed by atoms with E-state index < -0.39 is 23.2 Å². The second-order valence-electron chi connectivity index (χ2n) is 2.59. The average Bonchev–Trinajstić information content (AvgIpc) is 2.15. The molecule has 0 unspecified atom stereocenters. The SMILES string of the molecule is O=C(O)COc1ccc([N+](=O)[O-])cc1O. The number of aromatic hydroxyl groups is 1. The van der Waals surface area contributed by atoms with Crippen LogP contribution in [0.5, 0.6) is 11.5 Å². The minimum Gasteiger partial charge on any atom is -0.504 e. The maximum absolute atomic E-state index is 10.3. The Morgan fingerprint density at radius 1 is 1.53 bits per heavy atom. The summed E-state index contributed by atoms with van der Waals surface area (Å²) in [4.78, 5) is 19.8. The molecule has 2 N–H and O–H groups in total. The third kappa shape index (κ3) is 2.83. The van der Waals surface area contributed by atoms with Gasteiger partial charge in [0.2, 0.25) is 0 Å². The zero-order chi connectivity index (χ0) is 11.4. The first-order valence-electron chi connectivity index (χ1n) is 3.82. The van der Waals surface area contributed by atoms with Gasteiger partial charge in [-0.1, -0.05) is 0 Å². The first-order valence-corrected chi connectivity index (χ1v) is 3.82. The Balaban J connectivity index is 2.83. The van der Waals surface area contributed by atoms with Gasteiger partial charge in [-0.25, -0.2) is 4.79 Å². The minimum absolute atomic E-state index is 0.108. The first-order chi connectivity index (χ1) is 7.00. The molecule has 0 saturated carbocycles. The van der Waals surface area contributed by atoms with Crippen LogP contribution in [0.4, 0.5) is 5.69 Å². The van der Waals surface area contributed by atoms with Crippen molar-refractivity contribution in [2.45, 2.75) is 0 Å². The molecule has 0 aliphatic rings. The van der Waals surface area contributed by atoms with Crippen molar-refractivity contribution < 1.29 is 24.7 Å². The monoisotopic (exact) mass is 213 g/mol. The molecule has 1 aromatic rings. The number of benzene rings is 1. The van der Waals surface area contributed by atoms with Gasteiger partial charge in [-0.3, -0.25) is 10.1 Å². The topological polar surface area (TPSA) is 110 Å². The van der Waals surface area contributed by atoms with Gasteiger partial charge in [-0.2, -0.15) is 0 Å². The molecule has 0 amide bonds. The van der Waals surface area contributed by atoms with E-state index >= 15 is 0 Å². The van der Waals surface area contributed by atoms with Gasteiger partial charge in [0.05, 0.1) is 11.0 Å². The van der Waals surface area contributed by atoms with E-state index in [-0.39, 0.29) is 11.4 Å². The number of carboxylic acid groups (broad SMARTS) is 1. The average molecular weight is 213 g/mol. The van der Waals surface area contributed by atoms with Crippen LogP contribution in [0.2, 0.25) is 0 Å². The zero-order valence-electron chi connectivity index (χ0n) is 7.41. The lowest BCUT2D eigenvalue weighted by atomic mass is 10.3. The van der Waals surface area contributed by atoms with Crippen molar-refractivity contribution >= 4 is 11.7 Å². The summed E-state index contributed by atoms with van der Waals surface area (Å²) in [5, 5.41) is 27.8. The molecule has 1 rings (SSSR count). The number of nitro benzene ring substituents is 1. The minimum atomic E-state index is -1.20. The number of ether oxygens (including phenoxy) is 1. The highest BCUT2D eigenvalue weighted by molar-refractivity contribution is 5.68. The van der Waals surface area contributed by atoms with Gasteiger partial charge in [-0.05, 0) is 6.07 Å². The van der Waals surface area contributed by atoms with E-state index in [1.807, 2.05) is 0 Å². The number of nitrogens with zero attached hydrogens (tertiary/aromatic N) is 1. The van der Waals surface area contributed by atoms with Crippen molar-refractivity contribution in [2.75, 3.05) is 6.61 Å². The second kappa shape index (κ2) is 4.27. The van der Waals surface area contributed by atoms with Gasteiger partial charge in [0.25, 0.3) is 5.69 Å². The van der Waals surface area contributed by atoms with E-state index in [9.17, 15) is 20.0 Å². The lowest BCUT2D eigenvalue weighted by Crippen LogP contribution is -2.09. The molecular formula is C8H7NO6. The molecule has 0 spiro atoms. The Hall–Kier alpha value is -2.31. The summed E-state index contributed by atoms with van der Waals surface area (Å²) in [6, 6.07) is 3.13. The van der Waals surface area contributed by atoms with Crippen LogP contribution in [0.1, 0.15) is 0 Å². The quantitative estimate of drug-likeness (QED) is 0.564. The number of rotatable bonds is 4.